The fourth-order valence-electron chi connectivity index (χ4n) is 3.49. The number of carbonyl (C=O) groups is 1. The van der Waals surface area contributed by atoms with Gasteiger partial charge in [0.25, 0.3) is 0 Å². The molecule has 3 rings (SSSR count). The van der Waals surface area contributed by atoms with Crippen LogP contribution in [0.2, 0.25) is 0 Å². The molecule has 4 nitrogen and oxygen atoms in total. The highest BCUT2D eigenvalue weighted by molar-refractivity contribution is 5.92. The van der Waals surface area contributed by atoms with Gasteiger partial charge in [0.05, 0.1) is 22.9 Å². The summed E-state index contributed by atoms with van der Waals surface area (Å²) in [4.78, 5) is 15.4. The number of fused-ring (bicyclic) bond motifs is 1. The molecule has 0 aliphatic heterocycles. The molecule has 2 aromatic rings. The number of nitrogens with zero attached hydrogens (tertiary/aromatic N) is 2. The maximum atomic E-state index is 11.0. The fraction of sp³-hybridized carbons (Fsp3) is 0.500. The van der Waals surface area contributed by atoms with Crippen LogP contribution in [0.15, 0.2) is 24.5 Å². The Bertz CT molecular complexity index is 647. The van der Waals surface area contributed by atoms with E-state index in [0.29, 0.717) is 17.5 Å². The van der Waals surface area contributed by atoms with Crippen molar-refractivity contribution in [3.05, 3.63) is 30.1 Å². The molecular formula is C16H20N2O2. The SMILES string of the molecule is CC1CCC(n2cnc3cc(C(=O)O)ccc32)C(C)C1. The average molecular weight is 272 g/mol. The molecule has 1 aromatic carbocycles. The van der Waals surface area contributed by atoms with Crippen molar-refractivity contribution >= 4 is 17.0 Å². The lowest BCUT2D eigenvalue weighted by molar-refractivity contribution is 0.0697. The normalized spacial score (nSPS) is 26.8. The van der Waals surface area contributed by atoms with Crippen LogP contribution in [0, 0.1) is 11.8 Å². The van der Waals surface area contributed by atoms with Gasteiger partial charge in [0, 0.05) is 6.04 Å². The molecule has 1 heterocycles. The summed E-state index contributed by atoms with van der Waals surface area (Å²) < 4.78 is 2.23. The van der Waals surface area contributed by atoms with Gasteiger partial charge in [-0.1, -0.05) is 13.8 Å². The third kappa shape index (κ3) is 2.19. The summed E-state index contributed by atoms with van der Waals surface area (Å²) in [7, 11) is 0. The van der Waals surface area contributed by atoms with E-state index in [1.807, 2.05) is 12.4 Å². The van der Waals surface area contributed by atoms with Crippen LogP contribution in [0.4, 0.5) is 0 Å². The lowest BCUT2D eigenvalue weighted by atomic mass is 9.79. The highest BCUT2D eigenvalue weighted by Gasteiger charge is 2.27. The van der Waals surface area contributed by atoms with Crippen molar-refractivity contribution in [2.24, 2.45) is 11.8 Å². The Hall–Kier alpha value is -1.84. The van der Waals surface area contributed by atoms with Gasteiger partial charge in [0.15, 0.2) is 0 Å². The van der Waals surface area contributed by atoms with Crippen LogP contribution in [-0.2, 0) is 0 Å². The molecule has 106 valence electrons. The summed E-state index contributed by atoms with van der Waals surface area (Å²) >= 11 is 0. The highest BCUT2D eigenvalue weighted by atomic mass is 16.4. The van der Waals surface area contributed by atoms with Crippen LogP contribution in [-0.4, -0.2) is 20.6 Å². The zero-order chi connectivity index (χ0) is 14.3. The first kappa shape index (κ1) is 13.2. The fourth-order valence-corrected chi connectivity index (χ4v) is 3.49. The van der Waals surface area contributed by atoms with E-state index in [2.05, 4.69) is 23.4 Å². The lowest BCUT2D eigenvalue weighted by Crippen LogP contribution is -2.24. The molecule has 0 spiro atoms. The van der Waals surface area contributed by atoms with Crippen LogP contribution in [0.5, 0.6) is 0 Å². The van der Waals surface area contributed by atoms with Crippen LogP contribution in [0.3, 0.4) is 0 Å². The minimum atomic E-state index is -0.902. The van der Waals surface area contributed by atoms with Gasteiger partial charge in [-0.3, -0.25) is 0 Å². The molecular weight excluding hydrogens is 252 g/mol. The molecule has 1 aliphatic carbocycles. The van der Waals surface area contributed by atoms with E-state index < -0.39 is 5.97 Å². The van der Waals surface area contributed by atoms with Crippen molar-refractivity contribution in [2.75, 3.05) is 0 Å². The topological polar surface area (TPSA) is 55.1 Å². The van der Waals surface area contributed by atoms with Crippen molar-refractivity contribution in [3.8, 4) is 0 Å². The Balaban J connectivity index is 1.98. The van der Waals surface area contributed by atoms with Gasteiger partial charge in [0.2, 0.25) is 0 Å². The van der Waals surface area contributed by atoms with Crippen LogP contribution in [0.1, 0.15) is 49.5 Å². The Morgan fingerprint density at radius 3 is 2.85 bits per heavy atom. The number of carboxylic acid groups (broad SMARTS) is 1. The zero-order valence-corrected chi connectivity index (χ0v) is 11.9. The molecule has 1 N–H and O–H groups in total. The van der Waals surface area contributed by atoms with Crippen molar-refractivity contribution in [2.45, 2.75) is 39.2 Å². The number of carboxylic acids is 1. The third-order valence-corrected chi connectivity index (χ3v) is 4.57. The van der Waals surface area contributed by atoms with E-state index in [1.54, 1.807) is 12.1 Å². The maximum Gasteiger partial charge on any atom is 0.335 e. The summed E-state index contributed by atoms with van der Waals surface area (Å²) in [5, 5.41) is 9.04. The van der Waals surface area contributed by atoms with Gasteiger partial charge in [0.1, 0.15) is 0 Å². The molecule has 4 heteroatoms. The number of hydrogen-bond donors (Lipinski definition) is 1. The molecule has 3 atom stereocenters. The monoisotopic (exact) mass is 272 g/mol. The van der Waals surface area contributed by atoms with Crippen LogP contribution in [0.25, 0.3) is 11.0 Å². The Morgan fingerprint density at radius 1 is 1.35 bits per heavy atom. The number of hydrogen-bond acceptors (Lipinski definition) is 2. The molecule has 1 fully saturated rings. The van der Waals surface area contributed by atoms with E-state index in [4.69, 9.17) is 5.11 Å². The zero-order valence-electron chi connectivity index (χ0n) is 11.9. The minimum absolute atomic E-state index is 0.299. The van der Waals surface area contributed by atoms with Gasteiger partial charge in [-0.05, 0) is 49.3 Å². The highest BCUT2D eigenvalue weighted by Crippen LogP contribution is 2.38. The summed E-state index contributed by atoms with van der Waals surface area (Å²) in [6.07, 6.45) is 5.54. The predicted molar refractivity (Wildman–Crippen MR) is 77.9 cm³/mol. The first-order chi connectivity index (χ1) is 9.56. The second kappa shape index (κ2) is 4.93. The van der Waals surface area contributed by atoms with Crippen molar-refractivity contribution in [3.63, 3.8) is 0 Å². The first-order valence-corrected chi connectivity index (χ1v) is 7.26. The molecule has 0 bridgehead atoms. The van der Waals surface area contributed by atoms with E-state index in [0.717, 1.165) is 17.0 Å². The van der Waals surface area contributed by atoms with Gasteiger partial charge in [-0.2, -0.15) is 0 Å². The number of aromatic carboxylic acids is 1. The van der Waals surface area contributed by atoms with E-state index in [-0.39, 0.29) is 0 Å². The van der Waals surface area contributed by atoms with Crippen LogP contribution < -0.4 is 0 Å². The number of aromatic nitrogens is 2. The maximum absolute atomic E-state index is 11.0. The van der Waals surface area contributed by atoms with Gasteiger partial charge in [-0.25, -0.2) is 9.78 Å². The van der Waals surface area contributed by atoms with Gasteiger partial charge < -0.3 is 9.67 Å². The largest absolute Gasteiger partial charge is 0.478 e. The van der Waals surface area contributed by atoms with Crippen molar-refractivity contribution in [1.29, 1.82) is 0 Å². The summed E-state index contributed by atoms with van der Waals surface area (Å²) in [5.74, 6) is 0.534. The third-order valence-electron chi connectivity index (χ3n) is 4.57. The molecule has 0 amide bonds. The second-order valence-electron chi connectivity index (χ2n) is 6.12. The first-order valence-electron chi connectivity index (χ1n) is 7.26. The minimum Gasteiger partial charge on any atom is -0.478 e. The number of rotatable bonds is 2. The van der Waals surface area contributed by atoms with E-state index in [9.17, 15) is 4.79 Å². The summed E-state index contributed by atoms with van der Waals surface area (Å²) in [6.45, 7) is 4.62. The van der Waals surface area contributed by atoms with Crippen molar-refractivity contribution in [1.82, 2.24) is 9.55 Å². The molecule has 20 heavy (non-hydrogen) atoms. The second-order valence-corrected chi connectivity index (χ2v) is 6.12. The van der Waals surface area contributed by atoms with Gasteiger partial charge in [-0.15, -0.1) is 0 Å². The Labute approximate surface area is 118 Å². The quantitative estimate of drug-likeness (QED) is 0.906. The molecule has 1 aromatic heterocycles. The smallest absolute Gasteiger partial charge is 0.335 e. The predicted octanol–water partition coefficient (Wildman–Crippen LogP) is 3.73. The standard InChI is InChI=1S/C16H20N2O2/c1-10-3-5-14(11(2)7-10)18-9-17-13-8-12(16(19)20)4-6-15(13)18/h4,6,8-11,14H,3,5,7H2,1-2H3,(H,19,20). The summed E-state index contributed by atoms with van der Waals surface area (Å²) in [5.41, 5.74) is 2.12. The molecule has 0 radical (unpaired) electrons. The number of benzene rings is 1. The van der Waals surface area contributed by atoms with Crippen molar-refractivity contribution < 1.29 is 9.90 Å². The lowest BCUT2D eigenvalue weighted by Gasteiger charge is -2.33. The van der Waals surface area contributed by atoms with Crippen LogP contribution >= 0.6 is 0 Å². The Kier molecular flexibility index (Phi) is 3.24. The van der Waals surface area contributed by atoms with E-state index >= 15 is 0 Å². The van der Waals surface area contributed by atoms with E-state index in [1.165, 1.54) is 19.3 Å². The molecule has 1 aliphatic rings. The summed E-state index contributed by atoms with van der Waals surface area (Å²) in [6, 6.07) is 5.69. The average Bonchev–Trinajstić information content (AvgIpc) is 2.81. The Morgan fingerprint density at radius 2 is 2.15 bits per heavy atom. The molecule has 3 unspecified atom stereocenters. The number of imidazole rings is 1. The molecule has 0 saturated heterocycles. The van der Waals surface area contributed by atoms with Gasteiger partial charge >= 0.3 is 5.97 Å². The molecule has 1 saturated carbocycles.